The highest BCUT2D eigenvalue weighted by Crippen LogP contribution is 2.36. The first-order valence-corrected chi connectivity index (χ1v) is 8.77. The van der Waals surface area contributed by atoms with Crippen molar-refractivity contribution in [3.8, 4) is 23.7 Å². The van der Waals surface area contributed by atoms with Gasteiger partial charge in [0.05, 0.1) is 20.5 Å². The van der Waals surface area contributed by atoms with Crippen LogP contribution in [0.3, 0.4) is 0 Å². The molecule has 1 aromatic carbocycles. The molecule has 1 aromatic rings. The van der Waals surface area contributed by atoms with Crippen molar-refractivity contribution in [2.24, 2.45) is 11.7 Å². The van der Waals surface area contributed by atoms with Gasteiger partial charge in [-0.3, -0.25) is 4.79 Å². The SMILES string of the molecule is COC=C1C[C@@H]1C#CC#Cc1ccc(C(=O)N[C@H](C(=O)OC)C(C)(C)N)cc1. The normalized spacial score (nSPS) is 17.3. The Morgan fingerprint density at radius 2 is 1.93 bits per heavy atom. The first kappa shape index (κ1) is 21.1. The highest BCUT2D eigenvalue weighted by Gasteiger charge is 2.34. The maximum atomic E-state index is 12.4. The molecule has 2 rings (SSSR count). The van der Waals surface area contributed by atoms with Gasteiger partial charge in [-0.05, 0) is 61.9 Å². The van der Waals surface area contributed by atoms with Crippen LogP contribution >= 0.6 is 0 Å². The van der Waals surface area contributed by atoms with Crippen LogP contribution in [-0.4, -0.2) is 37.7 Å². The maximum absolute atomic E-state index is 12.4. The van der Waals surface area contributed by atoms with Crippen molar-refractivity contribution >= 4 is 11.9 Å². The summed E-state index contributed by atoms with van der Waals surface area (Å²) in [6, 6.07) is 5.74. The van der Waals surface area contributed by atoms with Crippen LogP contribution < -0.4 is 11.1 Å². The topological polar surface area (TPSA) is 90.6 Å². The number of carbonyl (C=O) groups excluding carboxylic acids is 2. The summed E-state index contributed by atoms with van der Waals surface area (Å²) in [6.07, 6.45) is 2.64. The lowest BCUT2D eigenvalue weighted by Crippen LogP contribution is -2.59. The molecule has 1 amide bonds. The highest BCUT2D eigenvalue weighted by atomic mass is 16.5. The molecule has 1 aliphatic carbocycles. The Labute approximate surface area is 165 Å². The van der Waals surface area contributed by atoms with Crippen molar-refractivity contribution in [2.75, 3.05) is 14.2 Å². The lowest BCUT2D eigenvalue weighted by atomic mass is 9.95. The number of hydrogen-bond donors (Lipinski definition) is 2. The average Bonchev–Trinajstić information content (AvgIpc) is 3.40. The van der Waals surface area contributed by atoms with E-state index < -0.39 is 23.5 Å². The van der Waals surface area contributed by atoms with E-state index in [0.717, 1.165) is 12.0 Å². The molecular formula is C22H24N2O4. The van der Waals surface area contributed by atoms with E-state index in [2.05, 4.69) is 29.0 Å². The maximum Gasteiger partial charge on any atom is 0.330 e. The summed E-state index contributed by atoms with van der Waals surface area (Å²) in [4.78, 5) is 24.3. The molecule has 1 fully saturated rings. The van der Waals surface area contributed by atoms with Gasteiger partial charge in [-0.25, -0.2) is 4.79 Å². The number of rotatable bonds is 5. The van der Waals surface area contributed by atoms with Gasteiger partial charge in [0.2, 0.25) is 0 Å². The number of benzene rings is 1. The number of nitrogens with two attached hydrogens (primary N) is 1. The molecule has 28 heavy (non-hydrogen) atoms. The van der Waals surface area contributed by atoms with Crippen molar-refractivity contribution in [2.45, 2.75) is 31.8 Å². The van der Waals surface area contributed by atoms with Gasteiger partial charge >= 0.3 is 5.97 Å². The number of hydrogen-bond acceptors (Lipinski definition) is 5. The summed E-state index contributed by atoms with van der Waals surface area (Å²) in [5.74, 6) is 10.8. The van der Waals surface area contributed by atoms with E-state index in [1.54, 1.807) is 51.5 Å². The largest absolute Gasteiger partial charge is 0.504 e. The van der Waals surface area contributed by atoms with E-state index in [1.165, 1.54) is 12.7 Å². The molecule has 6 heteroatoms. The van der Waals surface area contributed by atoms with Gasteiger partial charge < -0.3 is 20.5 Å². The molecule has 6 nitrogen and oxygen atoms in total. The summed E-state index contributed by atoms with van der Waals surface area (Å²) in [5.41, 5.74) is 7.31. The zero-order valence-electron chi connectivity index (χ0n) is 16.5. The predicted octanol–water partition coefficient (Wildman–Crippen LogP) is 1.60. The Kier molecular flexibility index (Phi) is 6.87. The fourth-order valence-electron chi connectivity index (χ4n) is 2.41. The van der Waals surface area contributed by atoms with Crippen LogP contribution in [0.1, 0.15) is 36.2 Å². The van der Waals surface area contributed by atoms with Gasteiger partial charge in [-0.1, -0.05) is 11.8 Å². The number of allylic oxidation sites excluding steroid dienone is 1. The number of nitrogens with one attached hydrogen (secondary N) is 1. The van der Waals surface area contributed by atoms with Crippen molar-refractivity contribution in [3.05, 3.63) is 47.2 Å². The van der Waals surface area contributed by atoms with Crippen molar-refractivity contribution in [3.63, 3.8) is 0 Å². The summed E-state index contributed by atoms with van der Waals surface area (Å²) in [5, 5.41) is 2.62. The van der Waals surface area contributed by atoms with Gasteiger partial charge in [0.1, 0.15) is 6.04 Å². The summed E-state index contributed by atoms with van der Waals surface area (Å²) < 4.78 is 9.65. The van der Waals surface area contributed by atoms with Crippen LogP contribution in [0.15, 0.2) is 36.1 Å². The molecule has 3 N–H and O–H groups in total. The van der Waals surface area contributed by atoms with Gasteiger partial charge in [-0.15, -0.1) is 0 Å². The zero-order chi connectivity index (χ0) is 20.7. The van der Waals surface area contributed by atoms with Gasteiger partial charge in [0.25, 0.3) is 5.91 Å². The number of esters is 1. The molecule has 1 aliphatic rings. The Balaban J connectivity index is 2.00. The van der Waals surface area contributed by atoms with E-state index >= 15 is 0 Å². The van der Waals surface area contributed by atoms with E-state index in [1.807, 2.05) is 0 Å². The lowest BCUT2D eigenvalue weighted by molar-refractivity contribution is -0.144. The summed E-state index contributed by atoms with van der Waals surface area (Å²) in [7, 11) is 2.87. The number of carbonyl (C=O) groups is 2. The van der Waals surface area contributed by atoms with Crippen LogP contribution in [0.4, 0.5) is 0 Å². The first-order chi connectivity index (χ1) is 13.3. The standard InChI is InChI=1S/C22H24N2O4/c1-22(2,23)19(21(26)28-4)24-20(25)16-11-9-15(10-12-16)7-5-6-8-17-13-18(17)14-27-3/h9-12,14,17,19H,13,23H2,1-4H3,(H,24,25)/t17-,19+/m0/s1. The first-order valence-electron chi connectivity index (χ1n) is 8.77. The molecule has 0 spiro atoms. The number of ether oxygens (including phenoxy) is 2. The third-order valence-corrected chi connectivity index (χ3v) is 4.12. The molecule has 0 saturated heterocycles. The zero-order valence-corrected chi connectivity index (χ0v) is 16.5. The smallest absolute Gasteiger partial charge is 0.330 e. The molecule has 2 atom stereocenters. The minimum Gasteiger partial charge on any atom is -0.504 e. The predicted molar refractivity (Wildman–Crippen MR) is 106 cm³/mol. The van der Waals surface area contributed by atoms with Crippen molar-refractivity contribution in [1.29, 1.82) is 0 Å². The Morgan fingerprint density at radius 3 is 2.50 bits per heavy atom. The summed E-state index contributed by atoms with van der Waals surface area (Å²) in [6.45, 7) is 3.29. The second-order valence-electron chi connectivity index (χ2n) is 7.03. The van der Waals surface area contributed by atoms with Crippen LogP contribution in [0.2, 0.25) is 0 Å². The Hall–Kier alpha value is -3.22. The monoisotopic (exact) mass is 380 g/mol. The number of methoxy groups -OCH3 is 2. The molecule has 146 valence electrons. The fraction of sp³-hybridized carbons (Fsp3) is 0.364. The minimum absolute atomic E-state index is 0.245. The molecule has 0 aromatic heterocycles. The van der Waals surface area contributed by atoms with Crippen LogP contribution in [0, 0.1) is 29.6 Å². The van der Waals surface area contributed by atoms with E-state index in [-0.39, 0.29) is 5.92 Å². The average molecular weight is 380 g/mol. The van der Waals surface area contributed by atoms with Gasteiger partial charge in [-0.2, -0.15) is 0 Å². The highest BCUT2D eigenvalue weighted by molar-refractivity contribution is 5.97. The molecule has 0 aliphatic heterocycles. The van der Waals surface area contributed by atoms with E-state index in [0.29, 0.717) is 5.56 Å². The molecule has 0 radical (unpaired) electrons. The molecule has 0 heterocycles. The Bertz CT molecular complexity index is 887. The van der Waals surface area contributed by atoms with Crippen molar-refractivity contribution in [1.82, 2.24) is 5.32 Å². The van der Waals surface area contributed by atoms with E-state index in [4.69, 9.17) is 15.2 Å². The summed E-state index contributed by atoms with van der Waals surface area (Å²) >= 11 is 0. The fourth-order valence-corrected chi connectivity index (χ4v) is 2.41. The van der Waals surface area contributed by atoms with Crippen molar-refractivity contribution < 1.29 is 19.1 Å². The van der Waals surface area contributed by atoms with Gasteiger partial charge in [0, 0.05) is 22.6 Å². The van der Waals surface area contributed by atoms with Gasteiger partial charge in [0.15, 0.2) is 0 Å². The third kappa shape index (κ3) is 5.90. The quantitative estimate of drug-likeness (QED) is 0.460. The molecule has 0 unspecified atom stereocenters. The molecule has 0 bridgehead atoms. The van der Waals surface area contributed by atoms with Crippen LogP contribution in [0.5, 0.6) is 0 Å². The second-order valence-corrected chi connectivity index (χ2v) is 7.03. The third-order valence-electron chi connectivity index (χ3n) is 4.12. The van der Waals surface area contributed by atoms with Crippen LogP contribution in [0.25, 0.3) is 0 Å². The second kappa shape index (κ2) is 9.12. The van der Waals surface area contributed by atoms with E-state index in [9.17, 15) is 9.59 Å². The van der Waals surface area contributed by atoms with Crippen LogP contribution in [-0.2, 0) is 14.3 Å². The molecular weight excluding hydrogens is 356 g/mol. The molecule has 1 saturated carbocycles. The lowest BCUT2D eigenvalue weighted by Gasteiger charge is -2.28. The minimum atomic E-state index is -0.966. The number of amides is 1. The Morgan fingerprint density at radius 1 is 1.25 bits per heavy atom.